The summed E-state index contributed by atoms with van der Waals surface area (Å²) in [6, 6.07) is 23.7. The van der Waals surface area contributed by atoms with Gasteiger partial charge in [0.15, 0.2) is 0 Å². The molecule has 144 valence electrons. The Morgan fingerprint density at radius 2 is 1.68 bits per heavy atom. The summed E-state index contributed by atoms with van der Waals surface area (Å²) in [6.07, 6.45) is 1.93. The monoisotopic (exact) mass is 393 g/mol. The number of anilines is 1. The van der Waals surface area contributed by atoms with Crippen LogP contribution in [-0.2, 0) is 23.0 Å². The highest BCUT2D eigenvalue weighted by molar-refractivity contribution is 7.88. The zero-order valence-electron chi connectivity index (χ0n) is 15.7. The van der Waals surface area contributed by atoms with Gasteiger partial charge in [-0.15, -0.1) is 0 Å². The molecule has 1 aliphatic rings. The maximum absolute atomic E-state index is 12.6. The lowest BCUT2D eigenvalue weighted by molar-refractivity contribution is 0.326. The topological polar surface area (TPSA) is 62.3 Å². The second kappa shape index (κ2) is 7.73. The number of nitrogens with one attached hydrogen (secondary N) is 1. The number of aromatic nitrogens is 1. The Morgan fingerprint density at radius 1 is 1.00 bits per heavy atom. The first-order valence-corrected chi connectivity index (χ1v) is 11.2. The summed E-state index contributed by atoms with van der Waals surface area (Å²) < 4.78 is 26.7. The molecule has 0 bridgehead atoms. The van der Waals surface area contributed by atoms with Crippen molar-refractivity contribution in [3.63, 3.8) is 0 Å². The van der Waals surface area contributed by atoms with E-state index in [4.69, 9.17) is 4.98 Å². The summed E-state index contributed by atoms with van der Waals surface area (Å²) in [5, 5.41) is 3.41. The van der Waals surface area contributed by atoms with Crippen molar-refractivity contribution in [3.8, 4) is 11.3 Å². The van der Waals surface area contributed by atoms with E-state index >= 15 is 0 Å². The summed E-state index contributed by atoms with van der Waals surface area (Å²) in [6.45, 7) is 0.806. The number of rotatable bonds is 4. The molecule has 0 amide bonds. The van der Waals surface area contributed by atoms with E-state index < -0.39 is 10.0 Å². The fraction of sp³-hybridized carbons (Fsp3) is 0.227. The first-order chi connectivity index (χ1) is 13.5. The number of hydrogen-bond donors (Lipinski definition) is 1. The van der Waals surface area contributed by atoms with Crippen LogP contribution in [0.15, 0.2) is 72.8 Å². The number of sulfonamides is 1. The van der Waals surface area contributed by atoms with Crippen molar-refractivity contribution in [3.05, 3.63) is 84.1 Å². The van der Waals surface area contributed by atoms with Crippen molar-refractivity contribution in [2.45, 2.75) is 19.0 Å². The quantitative estimate of drug-likeness (QED) is 0.736. The van der Waals surface area contributed by atoms with Gasteiger partial charge in [-0.25, -0.2) is 13.4 Å². The summed E-state index contributed by atoms with van der Waals surface area (Å²) in [4.78, 5) is 4.78. The molecule has 0 saturated heterocycles. The summed E-state index contributed by atoms with van der Waals surface area (Å²) in [5.41, 5.74) is 4.62. The van der Waals surface area contributed by atoms with Gasteiger partial charge < -0.3 is 5.32 Å². The van der Waals surface area contributed by atoms with Crippen molar-refractivity contribution in [2.24, 2.45) is 0 Å². The molecule has 2 heterocycles. The number of benzene rings is 2. The van der Waals surface area contributed by atoms with Gasteiger partial charge in [0.25, 0.3) is 0 Å². The summed E-state index contributed by atoms with van der Waals surface area (Å²) in [7, 11) is -3.39. The van der Waals surface area contributed by atoms with Crippen LogP contribution in [0.5, 0.6) is 0 Å². The summed E-state index contributed by atoms with van der Waals surface area (Å²) in [5.74, 6) is 0. The third-order valence-electron chi connectivity index (χ3n) is 5.02. The average molecular weight is 394 g/mol. The minimum absolute atomic E-state index is 0.174. The fourth-order valence-electron chi connectivity index (χ4n) is 3.61. The van der Waals surface area contributed by atoms with E-state index in [1.165, 1.54) is 6.26 Å². The minimum Gasteiger partial charge on any atom is -0.382 e. The Kier molecular flexibility index (Phi) is 5.15. The largest absolute Gasteiger partial charge is 0.382 e. The van der Waals surface area contributed by atoms with Crippen molar-refractivity contribution in [1.82, 2.24) is 9.29 Å². The van der Waals surface area contributed by atoms with Crippen molar-refractivity contribution in [2.75, 3.05) is 18.1 Å². The lowest BCUT2D eigenvalue weighted by atomic mass is 10.1. The number of pyridine rings is 1. The van der Waals surface area contributed by atoms with Crippen LogP contribution >= 0.6 is 0 Å². The number of hydrogen-bond acceptors (Lipinski definition) is 4. The molecule has 1 atom stereocenters. The SMILES string of the molecule is CS(=O)(=O)N1Cc2nc(-c3ccccc3)ccc2NC[C@H]1Cc1ccccc1. The fourth-order valence-corrected chi connectivity index (χ4v) is 4.65. The Bertz CT molecular complexity index is 1050. The molecule has 5 nitrogen and oxygen atoms in total. The zero-order chi connectivity index (χ0) is 19.6. The normalized spacial score (nSPS) is 17.4. The van der Waals surface area contributed by atoms with Crippen LogP contribution in [0.4, 0.5) is 5.69 Å². The standard InChI is InChI=1S/C22H23N3O2S/c1-28(26,27)25-16-22-21(13-12-20(24-22)18-10-6-3-7-11-18)23-15-19(25)14-17-8-4-2-5-9-17/h2-13,19,23H,14-16H2,1H3/t19-/m1/s1. The van der Waals surface area contributed by atoms with Gasteiger partial charge in [0.1, 0.15) is 0 Å². The van der Waals surface area contributed by atoms with Gasteiger partial charge in [0, 0.05) is 18.2 Å². The van der Waals surface area contributed by atoms with Gasteiger partial charge in [-0.2, -0.15) is 4.31 Å². The van der Waals surface area contributed by atoms with Crippen molar-refractivity contribution in [1.29, 1.82) is 0 Å². The lowest BCUT2D eigenvalue weighted by Gasteiger charge is -2.27. The minimum atomic E-state index is -3.39. The molecule has 4 rings (SSSR count). The van der Waals surface area contributed by atoms with E-state index in [9.17, 15) is 8.42 Å². The van der Waals surface area contributed by atoms with Crippen LogP contribution in [0.3, 0.4) is 0 Å². The van der Waals surface area contributed by atoms with Crippen molar-refractivity contribution >= 4 is 15.7 Å². The highest BCUT2D eigenvalue weighted by Crippen LogP contribution is 2.27. The number of fused-ring (bicyclic) bond motifs is 1. The molecule has 1 aliphatic heterocycles. The zero-order valence-corrected chi connectivity index (χ0v) is 16.6. The van der Waals surface area contributed by atoms with E-state index in [0.717, 1.165) is 28.2 Å². The Balaban J connectivity index is 1.68. The second-order valence-corrected chi connectivity index (χ2v) is 9.02. The first kappa shape index (κ1) is 18.7. The molecule has 6 heteroatoms. The second-order valence-electron chi connectivity index (χ2n) is 7.09. The van der Waals surface area contributed by atoms with E-state index in [-0.39, 0.29) is 12.6 Å². The van der Waals surface area contributed by atoms with Gasteiger partial charge in [0.2, 0.25) is 10.0 Å². The van der Waals surface area contributed by atoms with E-state index in [0.29, 0.717) is 13.0 Å². The predicted octanol–water partition coefficient (Wildman–Crippen LogP) is 3.55. The van der Waals surface area contributed by atoms with E-state index in [2.05, 4.69) is 5.32 Å². The predicted molar refractivity (Wildman–Crippen MR) is 112 cm³/mol. The van der Waals surface area contributed by atoms with Gasteiger partial charge in [0.05, 0.1) is 29.9 Å². The molecule has 0 radical (unpaired) electrons. The lowest BCUT2D eigenvalue weighted by Crippen LogP contribution is -2.42. The maximum Gasteiger partial charge on any atom is 0.211 e. The first-order valence-electron chi connectivity index (χ1n) is 9.31. The Morgan fingerprint density at radius 3 is 2.36 bits per heavy atom. The van der Waals surface area contributed by atoms with Crippen LogP contribution in [0.2, 0.25) is 0 Å². The molecule has 0 aliphatic carbocycles. The Hall–Kier alpha value is -2.70. The maximum atomic E-state index is 12.6. The van der Waals surface area contributed by atoms with E-state index in [1.54, 1.807) is 4.31 Å². The molecular formula is C22H23N3O2S. The Labute approximate surface area is 166 Å². The van der Waals surface area contributed by atoms with Gasteiger partial charge in [-0.3, -0.25) is 0 Å². The molecular weight excluding hydrogens is 370 g/mol. The molecule has 3 aromatic rings. The van der Waals surface area contributed by atoms with Crippen LogP contribution in [0.25, 0.3) is 11.3 Å². The van der Waals surface area contributed by atoms with Crippen LogP contribution in [-0.4, -0.2) is 36.5 Å². The number of nitrogens with zero attached hydrogens (tertiary/aromatic N) is 2. The van der Waals surface area contributed by atoms with E-state index in [1.807, 2.05) is 72.8 Å². The van der Waals surface area contributed by atoms with Gasteiger partial charge >= 0.3 is 0 Å². The van der Waals surface area contributed by atoms with Crippen LogP contribution < -0.4 is 5.32 Å². The summed E-state index contributed by atoms with van der Waals surface area (Å²) >= 11 is 0. The molecule has 28 heavy (non-hydrogen) atoms. The van der Waals surface area contributed by atoms with Gasteiger partial charge in [-0.05, 0) is 24.1 Å². The molecule has 1 N–H and O–H groups in total. The van der Waals surface area contributed by atoms with Crippen LogP contribution in [0.1, 0.15) is 11.3 Å². The third-order valence-corrected chi connectivity index (χ3v) is 6.30. The third kappa shape index (κ3) is 4.08. The molecule has 0 saturated carbocycles. The highest BCUT2D eigenvalue weighted by atomic mass is 32.2. The molecule has 1 aromatic heterocycles. The van der Waals surface area contributed by atoms with Crippen molar-refractivity contribution < 1.29 is 8.42 Å². The molecule has 0 spiro atoms. The van der Waals surface area contributed by atoms with Gasteiger partial charge in [-0.1, -0.05) is 60.7 Å². The van der Waals surface area contributed by atoms with Crippen LogP contribution in [0, 0.1) is 0 Å². The smallest absolute Gasteiger partial charge is 0.211 e. The average Bonchev–Trinajstić information content (AvgIpc) is 2.89. The molecule has 0 fully saturated rings. The highest BCUT2D eigenvalue weighted by Gasteiger charge is 2.31. The molecule has 2 aromatic carbocycles. The molecule has 0 unspecified atom stereocenters.